The van der Waals surface area contributed by atoms with E-state index < -0.39 is 0 Å². The van der Waals surface area contributed by atoms with E-state index in [0.717, 1.165) is 77.5 Å². The Hall–Kier alpha value is -1.24. The van der Waals surface area contributed by atoms with Crippen LogP contribution in [0.25, 0.3) is 0 Å². The van der Waals surface area contributed by atoms with E-state index in [-0.39, 0.29) is 12.2 Å². The van der Waals surface area contributed by atoms with Crippen molar-refractivity contribution in [1.29, 1.82) is 0 Å². The number of hydrogen-bond acceptors (Lipinski definition) is 5. The lowest BCUT2D eigenvalue weighted by molar-refractivity contribution is 0.156. The number of hydrogen-bond donors (Lipinski definition) is 4. The van der Waals surface area contributed by atoms with Gasteiger partial charge in [-0.2, -0.15) is 0 Å². The second-order valence-electron chi connectivity index (χ2n) is 13.4. The molecule has 0 saturated carbocycles. The molecule has 0 saturated heterocycles. The third kappa shape index (κ3) is 37.2. The molecule has 0 radical (unpaired) electrons. The first-order valence-electron chi connectivity index (χ1n) is 19.7. The molecule has 0 spiro atoms. The number of unbranched alkanes of at least 4 members (excludes halogenated alkanes) is 14. The SMILES string of the molecule is CCCCCCCC/C=C\C/C=C\CCCC(O)CNCCN(C)CCNCC(O)CCC/C=C\C/C=C\CCCCCCCC. The molecule has 5 nitrogen and oxygen atoms in total. The standard InChI is InChI=1S/C41H79N3O2/c1-4-6-8-10-12-14-16-18-20-22-24-26-28-30-32-40(45)38-42-34-36-44(3)37-35-43-39-41(46)33-31-29-27-25-23-21-19-17-15-13-11-9-7-5-2/h18-21,24-27,40-43,45-46H,4-17,22-23,28-39H2,1-3H3/b20-18-,21-19-,26-24-,27-25-. The quantitative estimate of drug-likeness (QED) is 0.0404. The average Bonchev–Trinajstić information content (AvgIpc) is 3.05. The third-order valence-electron chi connectivity index (χ3n) is 8.58. The summed E-state index contributed by atoms with van der Waals surface area (Å²) < 4.78 is 0. The molecule has 0 aromatic rings. The van der Waals surface area contributed by atoms with Crippen LogP contribution < -0.4 is 10.6 Å². The van der Waals surface area contributed by atoms with E-state index >= 15 is 0 Å². The molecule has 2 atom stereocenters. The molecule has 0 amide bonds. The molecule has 5 heteroatoms. The highest BCUT2D eigenvalue weighted by molar-refractivity contribution is 4.93. The van der Waals surface area contributed by atoms with Gasteiger partial charge in [0.05, 0.1) is 12.2 Å². The van der Waals surface area contributed by atoms with Crippen molar-refractivity contribution in [3.8, 4) is 0 Å². The maximum Gasteiger partial charge on any atom is 0.0664 e. The van der Waals surface area contributed by atoms with Gasteiger partial charge in [-0.1, -0.05) is 127 Å². The van der Waals surface area contributed by atoms with Crippen LogP contribution in [0.1, 0.15) is 155 Å². The van der Waals surface area contributed by atoms with Crippen molar-refractivity contribution in [3.05, 3.63) is 48.6 Å². The van der Waals surface area contributed by atoms with Gasteiger partial charge in [-0.15, -0.1) is 0 Å². The van der Waals surface area contributed by atoms with Crippen LogP contribution >= 0.6 is 0 Å². The highest BCUT2D eigenvalue weighted by Crippen LogP contribution is 2.09. The maximum absolute atomic E-state index is 10.3. The van der Waals surface area contributed by atoms with E-state index in [0.29, 0.717) is 13.1 Å². The Balaban J connectivity index is 3.51. The Morgan fingerprint density at radius 1 is 0.478 bits per heavy atom. The summed E-state index contributed by atoms with van der Waals surface area (Å²) in [4.78, 5) is 2.29. The van der Waals surface area contributed by atoms with Crippen molar-refractivity contribution in [2.24, 2.45) is 0 Å². The fourth-order valence-electron chi connectivity index (χ4n) is 5.43. The summed E-state index contributed by atoms with van der Waals surface area (Å²) in [6.07, 6.45) is 44.4. The predicted octanol–water partition coefficient (Wildman–Crippen LogP) is 9.67. The largest absolute Gasteiger partial charge is 0.392 e. The Labute approximate surface area is 287 Å². The van der Waals surface area contributed by atoms with Crippen molar-refractivity contribution in [2.75, 3.05) is 46.3 Å². The van der Waals surface area contributed by atoms with Crippen molar-refractivity contribution in [1.82, 2.24) is 15.5 Å². The van der Waals surface area contributed by atoms with Crippen LogP contribution in [0, 0.1) is 0 Å². The fourth-order valence-corrected chi connectivity index (χ4v) is 5.43. The summed E-state index contributed by atoms with van der Waals surface area (Å²) in [6.45, 7) is 9.52. The summed E-state index contributed by atoms with van der Waals surface area (Å²) in [5, 5.41) is 27.3. The smallest absolute Gasteiger partial charge is 0.0664 e. The van der Waals surface area contributed by atoms with Crippen LogP contribution in [-0.4, -0.2) is 73.6 Å². The van der Waals surface area contributed by atoms with Crippen molar-refractivity contribution in [3.63, 3.8) is 0 Å². The van der Waals surface area contributed by atoms with Gasteiger partial charge >= 0.3 is 0 Å². The van der Waals surface area contributed by atoms with Crippen LogP contribution in [0.15, 0.2) is 48.6 Å². The van der Waals surface area contributed by atoms with E-state index in [1.165, 1.54) is 89.9 Å². The van der Waals surface area contributed by atoms with E-state index in [9.17, 15) is 10.2 Å². The van der Waals surface area contributed by atoms with Gasteiger partial charge in [0.1, 0.15) is 0 Å². The first-order valence-corrected chi connectivity index (χ1v) is 19.7. The molecule has 0 fully saturated rings. The number of allylic oxidation sites excluding steroid dienone is 8. The summed E-state index contributed by atoms with van der Waals surface area (Å²) in [5.74, 6) is 0. The summed E-state index contributed by atoms with van der Waals surface area (Å²) in [5.41, 5.74) is 0. The lowest BCUT2D eigenvalue weighted by atomic mass is 10.1. The number of nitrogens with zero attached hydrogens (tertiary/aromatic N) is 1. The minimum Gasteiger partial charge on any atom is -0.392 e. The van der Waals surface area contributed by atoms with Gasteiger partial charge in [-0.3, -0.25) is 0 Å². The zero-order chi connectivity index (χ0) is 33.6. The summed E-state index contributed by atoms with van der Waals surface area (Å²) >= 11 is 0. The number of aliphatic hydroxyl groups is 2. The van der Waals surface area contributed by atoms with Crippen LogP contribution in [-0.2, 0) is 0 Å². The van der Waals surface area contributed by atoms with Crippen LogP contribution in [0.2, 0.25) is 0 Å². The molecule has 0 aliphatic heterocycles. The van der Waals surface area contributed by atoms with Gasteiger partial charge in [0.25, 0.3) is 0 Å². The zero-order valence-electron chi connectivity index (χ0n) is 30.9. The van der Waals surface area contributed by atoms with Gasteiger partial charge < -0.3 is 25.7 Å². The number of aliphatic hydroxyl groups excluding tert-OH is 2. The van der Waals surface area contributed by atoms with Crippen LogP contribution in [0.5, 0.6) is 0 Å². The van der Waals surface area contributed by atoms with Gasteiger partial charge in [-0.25, -0.2) is 0 Å². The van der Waals surface area contributed by atoms with E-state index in [4.69, 9.17) is 0 Å². The van der Waals surface area contributed by atoms with E-state index in [1.54, 1.807) is 0 Å². The second-order valence-corrected chi connectivity index (χ2v) is 13.4. The molecule has 0 bridgehead atoms. The zero-order valence-corrected chi connectivity index (χ0v) is 30.9. The fraction of sp³-hybridized carbons (Fsp3) is 0.805. The Morgan fingerprint density at radius 3 is 1.22 bits per heavy atom. The Kier molecular flexibility index (Phi) is 37.2. The lowest BCUT2D eigenvalue weighted by Crippen LogP contribution is -2.38. The Bertz CT molecular complexity index is 648. The molecule has 0 aromatic heterocycles. The third-order valence-corrected chi connectivity index (χ3v) is 8.58. The molecule has 4 N–H and O–H groups in total. The minimum absolute atomic E-state index is 0.272. The first kappa shape index (κ1) is 44.8. The van der Waals surface area contributed by atoms with Gasteiger partial charge in [-0.05, 0) is 84.1 Å². The second kappa shape index (κ2) is 38.2. The molecular weight excluding hydrogens is 566 g/mol. The van der Waals surface area contributed by atoms with Gasteiger partial charge in [0.15, 0.2) is 0 Å². The van der Waals surface area contributed by atoms with E-state index in [2.05, 4.69) is 85.0 Å². The highest BCUT2D eigenvalue weighted by Gasteiger charge is 2.05. The minimum atomic E-state index is -0.272. The normalized spacial score (nSPS) is 13.9. The molecule has 270 valence electrons. The van der Waals surface area contributed by atoms with Crippen molar-refractivity contribution in [2.45, 2.75) is 167 Å². The number of nitrogens with one attached hydrogen (secondary N) is 2. The van der Waals surface area contributed by atoms with Crippen molar-refractivity contribution < 1.29 is 10.2 Å². The monoisotopic (exact) mass is 646 g/mol. The first-order chi connectivity index (χ1) is 22.6. The molecule has 0 heterocycles. The average molecular weight is 646 g/mol. The molecule has 0 rings (SSSR count). The van der Waals surface area contributed by atoms with E-state index in [1.807, 2.05) is 0 Å². The maximum atomic E-state index is 10.3. The Morgan fingerprint density at radius 2 is 0.826 bits per heavy atom. The van der Waals surface area contributed by atoms with Gasteiger partial charge in [0.2, 0.25) is 0 Å². The van der Waals surface area contributed by atoms with Crippen LogP contribution in [0.3, 0.4) is 0 Å². The van der Waals surface area contributed by atoms with Crippen molar-refractivity contribution >= 4 is 0 Å². The molecule has 2 unspecified atom stereocenters. The molecule has 0 aromatic carbocycles. The predicted molar refractivity (Wildman–Crippen MR) is 205 cm³/mol. The molecule has 0 aliphatic carbocycles. The molecular formula is C41H79N3O2. The highest BCUT2D eigenvalue weighted by atomic mass is 16.3. The molecule has 46 heavy (non-hydrogen) atoms. The topological polar surface area (TPSA) is 67.8 Å². The molecule has 0 aliphatic rings. The van der Waals surface area contributed by atoms with Crippen LogP contribution in [0.4, 0.5) is 0 Å². The lowest BCUT2D eigenvalue weighted by Gasteiger charge is -2.19. The van der Waals surface area contributed by atoms with Gasteiger partial charge in [0, 0.05) is 39.3 Å². The summed E-state index contributed by atoms with van der Waals surface area (Å²) in [7, 11) is 2.13. The number of rotatable bonds is 36. The summed E-state index contributed by atoms with van der Waals surface area (Å²) in [6, 6.07) is 0. The number of likely N-dealkylation sites (N-methyl/N-ethyl adjacent to an activating group) is 1.